The highest BCUT2D eigenvalue weighted by Crippen LogP contribution is 2.35. The summed E-state index contributed by atoms with van der Waals surface area (Å²) in [7, 11) is 0. The number of H-pyrrole nitrogens is 1. The number of amides is 1. The lowest BCUT2D eigenvalue weighted by Gasteiger charge is -2.49. The molecule has 0 radical (unpaired) electrons. The zero-order valence-electron chi connectivity index (χ0n) is 16.0. The molecule has 1 unspecified atom stereocenters. The summed E-state index contributed by atoms with van der Waals surface area (Å²) in [4.78, 5) is 15.5. The Morgan fingerprint density at radius 3 is 2.54 bits per heavy atom. The number of aromatic amines is 1. The van der Waals surface area contributed by atoms with Crippen molar-refractivity contribution in [3.63, 3.8) is 0 Å². The molecule has 144 valence electrons. The maximum atomic E-state index is 12.9. The van der Waals surface area contributed by atoms with Crippen LogP contribution >= 0.6 is 0 Å². The number of benzene rings is 2. The second kappa shape index (κ2) is 7.40. The fourth-order valence-electron chi connectivity index (χ4n) is 5.04. The van der Waals surface area contributed by atoms with Gasteiger partial charge in [-0.3, -0.25) is 14.8 Å². The van der Waals surface area contributed by atoms with E-state index in [-0.39, 0.29) is 11.9 Å². The van der Waals surface area contributed by atoms with E-state index in [1.165, 1.54) is 24.8 Å². The van der Waals surface area contributed by atoms with Gasteiger partial charge in [-0.05, 0) is 37.3 Å². The summed E-state index contributed by atoms with van der Waals surface area (Å²) in [5.74, 6) is -0.0583. The summed E-state index contributed by atoms with van der Waals surface area (Å²) in [6, 6.07) is 19.9. The standard InChI is InChI=1S/C23H26N4O/c28-23(22-20-11-4-5-12-21(20)25-26-22)24-17-13-18-9-6-10-19(14-17)27(18)15-16-7-2-1-3-8-16/h1-5,7-8,11-12,17-19H,6,9-10,13-15H2,(H,24,28)(H,25,26)/t17?,18-,19+. The van der Waals surface area contributed by atoms with Crippen LogP contribution in [0.2, 0.25) is 0 Å². The molecule has 28 heavy (non-hydrogen) atoms. The zero-order chi connectivity index (χ0) is 18.9. The van der Waals surface area contributed by atoms with Gasteiger partial charge in [-0.15, -0.1) is 0 Å². The summed E-state index contributed by atoms with van der Waals surface area (Å²) >= 11 is 0. The van der Waals surface area contributed by atoms with E-state index in [4.69, 9.17) is 0 Å². The Morgan fingerprint density at radius 2 is 1.75 bits per heavy atom. The lowest BCUT2D eigenvalue weighted by atomic mass is 9.81. The largest absolute Gasteiger partial charge is 0.348 e. The average Bonchev–Trinajstić information content (AvgIpc) is 3.14. The van der Waals surface area contributed by atoms with Crippen molar-refractivity contribution in [2.75, 3.05) is 0 Å². The smallest absolute Gasteiger partial charge is 0.272 e. The van der Waals surface area contributed by atoms with E-state index in [2.05, 4.69) is 50.7 Å². The van der Waals surface area contributed by atoms with E-state index >= 15 is 0 Å². The molecule has 2 saturated heterocycles. The molecule has 2 fully saturated rings. The average molecular weight is 374 g/mol. The van der Waals surface area contributed by atoms with Crippen LogP contribution in [0.4, 0.5) is 0 Å². The first-order valence-corrected chi connectivity index (χ1v) is 10.3. The van der Waals surface area contributed by atoms with Crippen molar-refractivity contribution in [3.05, 3.63) is 65.9 Å². The fraction of sp³-hybridized carbons (Fsp3) is 0.391. The summed E-state index contributed by atoms with van der Waals surface area (Å²) in [6.07, 6.45) is 5.79. The van der Waals surface area contributed by atoms with Gasteiger partial charge in [0.15, 0.2) is 5.69 Å². The van der Waals surface area contributed by atoms with E-state index in [0.717, 1.165) is 30.3 Å². The minimum absolute atomic E-state index is 0.0583. The highest BCUT2D eigenvalue weighted by molar-refractivity contribution is 6.04. The van der Waals surface area contributed by atoms with E-state index in [1.807, 2.05) is 24.3 Å². The number of piperidine rings is 2. The van der Waals surface area contributed by atoms with Crippen LogP contribution in [0, 0.1) is 0 Å². The van der Waals surface area contributed by atoms with Crippen LogP contribution in [0.3, 0.4) is 0 Å². The maximum Gasteiger partial charge on any atom is 0.272 e. The molecular formula is C23H26N4O. The molecule has 3 heterocycles. The van der Waals surface area contributed by atoms with Gasteiger partial charge in [-0.1, -0.05) is 55.0 Å². The SMILES string of the molecule is O=C(NC1C[C@H]2CCC[C@@H](C1)N2Cc1ccccc1)c1n[nH]c2ccccc12. The Balaban J connectivity index is 1.29. The van der Waals surface area contributed by atoms with Crippen LogP contribution in [-0.4, -0.2) is 39.1 Å². The number of carbonyl (C=O) groups is 1. The summed E-state index contributed by atoms with van der Waals surface area (Å²) in [5, 5.41) is 11.4. The van der Waals surface area contributed by atoms with E-state index in [1.54, 1.807) is 0 Å². The highest BCUT2D eigenvalue weighted by atomic mass is 16.2. The summed E-state index contributed by atoms with van der Waals surface area (Å²) < 4.78 is 0. The van der Waals surface area contributed by atoms with Gasteiger partial charge >= 0.3 is 0 Å². The zero-order valence-corrected chi connectivity index (χ0v) is 16.0. The van der Waals surface area contributed by atoms with Gasteiger partial charge in [0.2, 0.25) is 0 Å². The molecule has 2 aliphatic heterocycles. The van der Waals surface area contributed by atoms with E-state index in [0.29, 0.717) is 17.8 Å². The minimum atomic E-state index is -0.0583. The Hall–Kier alpha value is -2.66. The molecule has 2 aromatic carbocycles. The number of carbonyl (C=O) groups excluding carboxylic acids is 1. The second-order valence-corrected chi connectivity index (χ2v) is 8.16. The van der Waals surface area contributed by atoms with Gasteiger partial charge in [-0.2, -0.15) is 5.10 Å². The number of fused-ring (bicyclic) bond motifs is 3. The number of aromatic nitrogens is 2. The number of rotatable bonds is 4. The van der Waals surface area contributed by atoms with E-state index in [9.17, 15) is 4.79 Å². The van der Waals surface area contributed by atoms with Crippen LogP contribution < -0.4 is 5.32 Å². The number of hydrogen-bond donors (Lipinski definition) is 2. The first-order valence-electron chi connectivity index (χ1n) is 10.3. The molecule has 0 spiro atoms. The normalized spacial score (nSPS) is 24.9. The van der Waals surface area contributed by atoms with Gasteiger partial charge in [0, 0.05) is 30.1 Å². The third-order valence-corrected chi connectivity index (χ3v) is 6.35. The Bertz CT molecular complexity index is 953. The molecule has 5 rings (SSSR count). The van der Waals surface area contributed by atoms with Crippen molar-refractivity contribution < 1.29 is 4.79 Å². The van der Waals surface area contributed by atoms with Crippen molar-refractivity contribution in [1.82, 2.24) is 20.4 Å². The van der Waals surface area contributed by atoms with Crippen LogP contribution in [0.1, 0.15) is 48.2 Å². The lowest BCUT2D eigenvalue weighted by molar-refractivity contribution is 0.0176. The number of para-hydroxylation sites is 1. The molecule has 3 atom stereocenters. The molecule has 1 amide bonds. The molecule has 0 saturated carbocycles. The fourth-order valence-corrected chi connectivity index (χ4v) is 5.04. The van der Waals surface area contributed by atoms with Gasteiger partial charge in [-0.25, -0.2) is 0 Å². The van der Waals surface area contributed by atoms with Crippen LogP contribution in [-0.2, 0) is 6.54 Å². The van der Waals surface area contributed by atoms with E-state index < -0.39 is 0 Å². The Kier molecular flexibility index (Phi) is 4.61. The topological polar surface area (TPSA) is 61.0 Å². The second-order valence-electron chi connectivity index (χ2n) is 8.16. The molecule has 3 aromatic rings. The first kappa shape index (κ1) is 17.4. The number of nitrogens with one attached hydrogen (secondary N) is 2. The first-order chi connectivity index (χ1) is 13.8. The number of nitrogens with zero attached hydrogens (tertiary/aromatic N) is 2. The van der Waals surface area contributed by atoms with Crippen LogP contribution in [0.25, 0.3) is 10.9 Å². The van der Waals surface area contributed by atoms with Crippen molar-refractivity contribution in [1.29, 1.82) is 0 Å². The lowest BCUT2D eigenvalue weighted by Crippen LogP contribution is -2.56. The third-order valence-electron chi connectivity index (χ3n) is 6.35. The van der Waals surface area contributed by atoms with Crippen molar-refractivity contribution >= 4 is 16.8 Å². The predicted molar refractivity (Wildman–Crippen MR) is 110 cm³/mol. The molecular weight excluding hydrogens is 348 g/mol. The predicted octanol–water partition coefficient (Wildman–Crippen LogP) is 3.88. The van der Waals surface area contributed by atoms with Crippen molar-refractivity contribution in [2.45, 2.75) is 56.8 Å². The third kappa shape index (κ3) is 3.31. The molecule has 5 nitrogen and oxygen atoms in total. The summed E-state index contributed by atoms with van der Waals surface area (Å²) in [5.41, 5.74) is 2.79. The Labute approximate surface area is 165 Å². The highest BCUT2D eigenvalue weighted by Gasteiger charge is 2.38. The van der Waals surface area contributed by atoms with Crippen LogP contribution in [0.15, 0.2) is 54.6 Å². The van der Waals surface area contributed by atoms with Gasteiger partial charge < -0.3 is 5.32 Å². The van der Waals surface area contributed by atoms with Gasteiger partial charge in [0.25, 0.3) is 5.91 Å². The summed E-state index contributed by atoms with van der Waals surface area (Å²) in [6.45, 7) is 1.01. The van der Waals surface area contributed by atoms with Crippen molar-refractivity contribution in [2.24, 2.45) is 0 Å². The van der Waals surface area contributed by atoms with Gasteiger partial charge in [0.05, 0.1) is 5.52 Å². The minimum Gasteiger partial charge on any atom is -0.348 e. The molecule has 2 aliphatic rings. The Morgan fingerprint density at radius 1 is 1.04 bits per heavy atom. The molecule has 2 N–H and O–H groups in total. The van der Waals surface area contributed by atoms with Gasteiger partial charge in [0.1, 0.15) is 0 Å². The molecule has 1 aromatic heterocycles. The number of hydrogen-bond acceptors (Lipinski definition) is 3. The maximum absolute atomic E-state index is 12.9. The van der Waals surface area contributed by atoms with Crippen molar-refractivity contribution in [3.8, 4) is 0 Å². The quantitative estimate of drug-likeness (QED) is 0.729. The molecule has 5 heteroatoms. The molecule has 0 aliphatic carbocycles. The monoisotopic (exact) mass is 374 g/mol. The van der Waals surface area contributed by atoms with Crippen LogP contribution in [0.5, 0.6) is 0 Å². The molecule has 2 bridgehead atoms.